The summed E-state index contributed by atoms with van der Waals surface area (Å²) in [6.45, 7) is 2.19. The van der Waals surface area contributed by atoms with Crippen LogP contribution in [0.1, 0.15) is 49.7 Å². The highest BCUT2D eigenvalue weighted by Gasteiger charge is 2.57. The van der Waals surface area contributed by atoms with Crippen LogP contribution in [0.3, 0.4) is 0 Å². The lowest BCUT2D eigenvalue weighted by atomic mass is 9.55. The predicted octanol–water partition coefficient (Wildman–Crippen LogP) is 3.34. The second-order valence-electron chi connectivity index (χ2n) is 7.92. The van der Waals surface area contributed by atoms with Gasteiger partial charge in [0.25, 0.3) is 0 Å². The number of aryl methyl sites for hydroxylation is 1. The SMILES string of the molecule is COc1ccc2c(c1)CC[C@@H]1[C@@H]2CC[C@@]2(C)C(=O)[C@@H](CO)C[C@@H]12. The first-order valence-electron chi connectivity index (χ1n) is 8.90. The van der Waals surface area contributed by atoms with Crippen LogP contribution in [-0.4, -0.2) is 24.6 Å². The minimum atomic E-state index is -0.196. The molecule has 3 nitrogen and oxygen atoms in total. The van der Waals surface area contributed by atoms with E-state index in [2.05, 4.69) is 25.1 Å². The van der Waals surface area contributed by atoms with Crippen molar-refractivity contribution in [2.24, 2.45) is 23.2 Å². The number of carbonyl (C=O) groups is 1. The summed E-state index contributed by atoms with van der Waals surface area (Å²) in [6.07, 6.45) is 5.20. The Hall–Kier alpha value is -1.35. The summed E-state index contributed by atoms with van der Waals surface area (Å²) in [5, 5.41) is 9.57. The molecule has 2 saturated carbocycles. The number of carbonyl (C=O) groups excluding carboxylic acids is 1. The van der Waals surface area contributed by atoms with E-state index >= 15 is 0 Å². The standard InChI is InChI=1S/C20H26O3/c1-20-8-7-16-15-6-4-14(23-2)9-12(15)3-5-17(16)18(20)10-13(11-21)19(20)22/h4,6,9,13,16-18,21H,3,5,7-8,10-11H2,1-2H3/t13-,16-,17-,18+,20-/m1/s1. The van der Waals surface area contributed by atoms with E-state index < -0.39 is 0 Å². The Morgan fingerprint density at radius 2 is 2.17 bits per heavy atom. The second kappa shape index (κ2) is 5.34. The van der Waals surface area contributed by atoms with Gasteiger partial charge >= 0.3 is 0 Å². The van der Waals surface area contributed by atoms with Crippen LogP contribution in [0.15, 0.2) is 18.2 Å². The summed E-state index contributed by atoms with van der Waals surface area (Å²) < 4.78 is 5.37. The van der Waals surface area contributed by atoms with Gasteiger partial charge in [0.2, 0.25) is 0 Å². The van der Waals surface area contributed by atoms with Gasteiger partial charge in [-0.15, -0.1) is 0 Å². The van der Waals surface area contributed by atoms with Crippen molar-refractivity contribution in [1.29, 1.82) is 0 Å². The number of fused-ring (bicyclic) bond motifs is 5. The lowest BCUT2D eigenvalue weighted by Crippen LogP contribution is -2.42. The Labute approximate surface area is 138 Å². The van der Waals surface area contributed by atoms with Gasteiger partial charge in [0, 0.05) is 11.3 Å². The van der Waals surface area contributed by atoms with Gasteiger partial charge < -0.3 is 9.84 Å². The molecule has 1 aromatic carbocycles. The van der Waals surface area contributed by atoms with Gasteiger partial charge in [-0.2, -0.15) is 0 Å². The minimum Gasteiger partial charge on any atom is -0.497 e. The molecule has 3 aliphatic carbocycles. The fourth-order valence-electron chi connectivity index (χ4n) is 5.78. The Morgan fingerprint density at radius 1 is 1.35 bits per heavy atom. The van der Waals surface area contributed by atoms with Crippen molar-refractivity contribution in [3.05, 3.63) is 29.3 Å². The first-order chi connectivity index (χ1) is 11.1. The smallest absolute Gasteiger partial charge is 0.144 e. The fourth-order valence-corrected chi connectivity index (χ4v) is 5.78. The highest BCUT2D eigenvalue weighted by atomic mass is 16.5. The molecule has 0 bridgehead atoms. The summed E-state index contributed by atoms with van der Waals surface area (Å²) in [7, 11) is 1.72. The van der Waals surface area contributed by atoms with Gasteiger partial charge in [0.1, 0.15) is 11.5 Å². The van der Waals surface area contributed by atoms with E-state index in [4.69, 9.17) is 4.74 Å². The van der Waals surface area contributed by atoms with Crippen LogP contribution in [0.25, 0.3) is 0 Å². The molecule has 0 saturated heterocycles. The van der Waals surface area contributed by atoms with Crippen LogP contribution < -0.4 is 4.74 Å². The van der Waals surface area contributed by atoms with Crippen LogP contribution >= 0.6 is 0 Å². The lowest BCUT2D eigenvalue weighted by Gasteiger charge is -2.48. The molecule has 0 heterocycles. The molecule has 3 heteroatoms. The van der Waals surface area contributed by atoms with Crippen molar-refractivity contribution >= 4 is 5.78 Å². The van der Waals surface area contributed by atoms with Crippen LogP contribution in [0.4, 0.5) is 0 Å². The number of ether oxygens (including phenoxy) is 1. The lowest BCUT2D eigenvalue weighted by molar-refractivity contribution is -0.132. The largest absolute Gasteiger partial charge is 0.497 e. The maximum Gasteiger partial charge on any atom is 0.144 e. The first kappa shape index (κ1) is 15.2. The average molecular weight is 314 g/mol. The molecule has 0 radical (unpaired) electrons. The number of hydrogen-bond donors (Lipinski definition) is 1. The van der Waals surface area contributed by atoms with E-state index in [9.17, 15) is 9.90 Å². The molecule has 0 unspecified atom stereocenters. The van der Waals surface area contributed by atoms with Crippen molar-refractivity contribution in [1.82, 2.24) is 0 Å². The van der Waals surface area contributed by atoms with Gasteiger partial charge in [-0.1, -0.05) is 13.0 Å². The zero-order valence-electron chi connectivity index (χ0n) is 14.0. The number of rotatable bonds is 2. The van der Waals surface area contributed by atoms with Gasteiger partial charge in [-0.25, -0.2) is 0 Å². The minimum absolute atomic E-state index is 0.0239. The Balaban J connectivity index is 1.68. The molecule has 23 heavy (non-hydrogen) atoms. The number of benzene rings is 1. The molecule has 1 N–H and O–H groups in total. The van der Waals surface area contributed by atoms with Gasteiger partial charge in [-0.3, -0.25) is 4.79 Å². The third-order valence-electron chi connectivity index (χ3n) is 7.02. The van der Waals surface area contributed by atoms with Crippen LogP contribution in [0, 0.1) is 23.2 Å². The summed E-state index contributed by atoms with van der Waals surface area (Å²) in [6, 6.07) is 6.51. The van der Waals surface area contributed by atoms with E-state index in [1.54, 1.807) is 7.11 Å². The molecule has 2 fully saturated rings. The molecule has 0 spiro atoms. The fraction of sp³-hybridized carbons (Fsp3) is 0.650. The van der Waals surface area contributed by atoms with Gasteiger partial charge in [0.15, 0.2) is 0 Å². The van der Waals surface area contributed by atoms with E-state index in [0.717, 1.165) is 37.9 Å². The van der Waals surface area contributed by atoms with Crippen molar-refractivity contribution in [3.8, 4) is 5.75 Å². The summed E-state index contributed by atoms with van der Waals surface area (Å²) in [5.41, 5.74) is 2.71. The average Bonchev–Trinajstić information content (AvgIpc) is 2.85. The molecule has 1 aromatic rings. The number of ketones is 1. The third kappa shape index (κ3) is 2.09. The molecule has 0 aromatic heterocycles. The number of hydrogen-bond acceptors (Lipinski definition) is 3. The topological polar surface area (TPSA) is 46.5 Å². The molecule has 0 amide bonds. The van der Waals surface area contributed by atoms with E-state index in [0.29, 0.717) is 23.5 Å². The number of aliphatic hydroxyl groups excluding tert-OH is 1. The quantitative estimate of drug-likeness (QED) is 0.910. The van der Waals surface area contributed by atoms with Crippen molar-refractivity contribution in [3.63, 3.8) is 0 Å². The zero-order chi connectivity index (χ0) is 16.2. The van der Waals surface area contributed by atoms with Crippen molar-refractivity contribution in [2.75, 3.05) is 13.7 Å². The molecule has 4 rings (SSSR count). The summed E-state index contributed by atoms with van der Waals surface area (Å²) in [5.74, 6) is 2.76. The van der Waals surface area contributed by atoms with Gasteiger partial charge in [0.05, 0.1) is 13.7 Å². The number of aliphatic hydroxyl groups is 1. The van der Waals surface area contributed by atoms with E-state index in [-0.39, 0.29) is 17.9 Å². The first-order valence-corrected chi connectivity index (χ1v) is 8.90. The van der Waals surface area contributed by atoms with Crippen molar-refractivity contribution in [2.45, 2.75) is 44.9 Å². The van der Waals surface area contributed by atoms with E-state index in [1.807, 2.05) is 0 Å². The molecule has 124 valence electrons. The highest BCUT2D eigenvalue weighted by Crippen LogP contribution is 2.60. The van der Waals surface area contributed by atoms with E-state index in [1.165, 1.54) is 11.1 Å². The number of methoxy groups -OCH3 is 1. The molecule has 5 atom stereocenters. The Kier molecular flexibility index (Phi) is 3.53. The van der Waals surface area contributed by atoms with Crippen LogP contribution in [0.2, 0.25) is 0 Å². The second-order valence-corrected chi connectivity index (χ2v) is 7.92. The third-order valence-corrected chi connectivity index (χ3v) is 7.02. The maximum absolute atomic E-state index is 12.7. The maximum atomic E-state index is 12.7. The highest BCUT2D eigenvalue weighted by molar-refractivity contribution is 5.89. The van der Waals surface area contributed by atoms with Crippen LogP contribution in [-0.2, 0) is 11.2 Å². The molecule has 0 aliphatic heterocycles. The summed E-state index contributed by atoms with van der Waals surface area (Å²) >= 11 is 0. The van der Waals surface area contributed by atoms with Gasteiger partial charge in [-0.05, 0) is 73.1 Å². The van der Waals surface area contributed by atoms with Crippen LogP contribution in [0.5, 0.6) is 5.75 Å². The predicted molar refractivity (Wildman–Crippen MR) is 88.6 cm³/mol. The Bertz CT molecular complexity index is 638. The Morgan fingerprint density at radius 3 is 2.91 bits per heavy atom. The monoisotopic (exact) mass is 314 g/mol. The zero-order valence-corrected chi connectivity index (χ0v) is 14.0. The molecule has 3 aliphatic rings. The normalized spacial score (nSPS) is 38.7. The molecular formula is C20H26O3. The summed E-state index contributed by atoms with van der Waals surface area (Å²) in [4.78, 5) is 12.7. The van der Waals surface area contributed by atoms with Crippen molar-refractivity contribution < 1.29 is 14.6 Å². The number of Topliss-reactive ketones (excluding diaryl/α,β-unsaturated/α-hetero) is 1. The molecular weight excluding hydrogens is 288 g/mol.